The normalized spacial score (nSPS) is 24.5. The fourth-order valence-corrected chi connectivity index (χ4v) is 3.64. The molecule has 2 aliphatic heterocycles. The molecule has 3 heterocycles. The number of amides is 2. The fourth-order valence-electron chi connectivity index (χ4n) is 3.45. The zero-order chi connectivity index (χ0) is 16.4. The van der Waals surface area contributed by atoms with Crippen molar-refractivity contribution in [1.82, 2.24) is 19.8 Å². The first-order valence-electron chi connectivity index (χ1n) is 8.06. The summed E-state index contributed by atoms with van der Waals surface area (Å²) in [7, 11) is 1.82. The Labute approximate surface area is 140 Å². The van der Waals surface area contributed by atoms with Crippen LogP contribution in [-0.2, 0) is 11.2 Å². The number of rotatable bonds is 4. The number of ketones is 1. The number of carbonyl (C=O) groups is 2. The van der Waals surface area contributed by atoms with Gasteiger partial charge in [-0.1, -0.05) is 11.6 Å². The number of hydrogen-bond acceptors (Lipinski definition) is 4. The van der Waals surface area contributed by atoms with E-state index in [0.717, 1.165) is 25.8 Å². The molecule has 0 saturated carbocycles. The molecule has 2 atom stereocenters. The number of hydrogen-bond donors (Lipinski definition) is 0. The zero-order valence-electron chi connectivity index (χ0n) is 13.2. The van der Waals surface area contributed by atoms with E-state index in [-0.39, 0.29) is 17.7 Å². The Balaban J connectivity index is 1.58. The second-order valence-electron chi connectivity index (χ2n) is 6.33. The number of halogens is 1. The van der Waals surface area contributed by atoms with Crippen LogP contribution < -0.4 is 0 Å². The average molecular weight is 337 g/mol. The van der Waals surface area contributed by atoms with Crippen LogP contribution in [-0.4, -0.2) is 57.8 Å². The van der Waals surface area contributed by atoms with Gasteiger partial charge in [-0.15, -0.1) is 0 Å². The molecule has 1 aromatic rings. The van der Waals surface area contributed by atoms with Crippen LogP contribution >= 0.6 is 11.6 Å². The summed E-state index contributed by atoms with van der Waals surface area (Å²) in [6.45, 7) is 1.35. The zero-order valence-corrected chi connectivity index (χ0v) is 14.0. The van der Waals surface area contributed by atoms with Crippen LogP contribution in [0.2, 0.25) is 5.15 Å². The highest BCUT2D eigenvalue weighted by molar-refractivity contribution is 6.30. The van der Waals surface area contributed by atoms with E-state index in [1.54, 1.807) is 11.1 Å². The number of Topliss-reactive ketones (excluding diaryl/α,β-unsaturated/α-hetero) is 1. The minimum absolute atomic E-state index is 0.0516. The van der Waals surface area contributed by atoms with Crippen molar-refractivity contribution in [2.45, 2.75) is 38.1 Å². The average Bonchev–Trinajstić information content (AvgIpc) is 2.57. The van der Waals surface area contributed by atoms with E-state index < -0.39 is 0 Å². The molecule has 2 aliphatic rings. The first-order chi connectivity index (χ1) is 11.1. The van der Waals surface area contributed by atoms with Gasteiger partial charge in [0.1, 0.15) is 10.9 Å². The van der Waals surface area contributed by atoms with Gasteiger partial charge in [-0.05, 0) is 25.7 Å². The maximum Gasteiger partial charge on any atom is 0.320 e. The Morgan fingerprint density at radius 2 is 2.09 bits per heavy atom. The molecule has 2 fully saturated rings. The third kappa shape index (κ3) is 3.47. The van der Waals surface area contributed by atoms with Crippen LogP contribution in [0.15, 0.2) is 12.4 Å². The minimum Gasteiger partial charge on any atom is -0.328 e. The van der Waals surface area contributed by atoms with Crippen LogP contribution in [0.1, 0.15) is 31.4 Å². The van der Waals surface area contributed by atoms with Crippen molar-refractivity contribution >= 4 is 23.4 Å². The van der Waals surface area contributed by atoms with Crippen LogP contribution in [0.3, 0.4) is 0 Å². The number of carbonyl (C=O) groups excluding carboxylic acids is 2. The maximum atomic E-state index is 12.5. The number of piperidine rings is 1. The Morgan fingerprint density at radius 3 is 2.87 bits per heavy atom. The molecule has 0 spiro atoms. The first kappa shape index (κ1) is 16.2. The highest BCUT2D eigenvalue weighted by Crippen LogP contribution is 2.29. The van der Waals surface area contributed by atoms with Gasteiger partial charge in [-0.25, -0.2) is 9.78 Å². The lowest BCUT2D eigenvalue weighted by Crippen LogP contribution is -2.57. The number of urea groups is 1. The molecule has 0 aromatic carbocycles. The van der Waals surface area contributed by atoms with Crippen molar-refractivity contribution in [2.24, 2.45) is 5.92 Å². The van der Waals surface area contributed by atoms with Crippen molar-refractivity contribution < 1.29 is 9.59 Å². The molecule has 6 nitrogen and oxygen atoms in total. The summed E-state index contributed by atoms with van der Waals surface area (Å²) in [5, 5.41) is 0.358. The number of fused-ring (bicyclic) bond motifs is 1. The van der Waals surface area contributed by atoms with Crippen LogP contribution in [0.5, 0.6) is 0 Å². The van der Waals surface area contributed by atoms with E-state index in [9.17, 15) is 9.59 Å². The molecule has 2 unspecified atom stereocenters. The highest BCUT2D eigenvalue weighted by Gasteiger charge is 2.38. The lowest BCUT2D eigenvalue weighted by molar-refractivity contribution is -0.124. The fraction of sp³-hybridized carbons (Fsp3) is 0.625. The van der Waals surface area contributed by atoms with E-state index in [1.807, 2.05) is 11.9 Å². The van der Waals surface area contributed by atoms with E-state index >= 15 is 0 Å². The predicted molar refractivity (Wildman–Crippen MR) is 86.2 cm³/mol. The molecular formula is C16H21ClN4O2. The predicted octanol–water partition coefficient (Wildman–Crippen LogP) is 2.17. The molecule has 0 N–H and O–H groups in total. The topological polar surface area (TPSA) is 66.4 Å². The van der Waals surface area contributed by atoms with E-state index in [4.69, 9.17) is 11.6 Å². The second-order valence-corrected chi connectivity index (χ2v) is 6.69. The van der Waals surface area contributed by atoms with Crippen molar-refractivity contribution in [3.63, 3.8) is 0 Å². The van der Waals surface area contributed by atoms with Gasteiger partial charge in [0.2, 0.25) is 0 Å². The van der Waals surface area contributed by atoms with Gasteiger partial charge in [-0.2, -0.15) is 0 Å². The standard InChI is InChI=1S/C16H21ClN4O2/c1-20-9-6-12-3-2-11(10-21(12)16(20)23)14(22)5-4-13-15(17)19-8-7-18-13/h7-8,11-12H,2-6,9-10H2,1H3. The summed E-state index contributed by atoms with van der Waals surface area (Å²) >= 11 is 5.98. The molecule has 0 radical (unpaired) electrons. The third-order valence-corrected chi connectivity index (χ3v) is 5.18. The Bertz CT molecular complexity index is 609. The molecule has 2 saturated heterocycles. The van der Waals surface area contributed by atoms with Gasteiger partial charge in [0, 0.05) is 50.9 Å². The van der Waals surface area contributed by atoms with Crippen LogP contribution in [0.25, 0.3) is 0 Å². The van der Waals surface area contributed by atoms with Crippen LogP contribution in [0.4, 0.5) is 4.79 Å². The van der Waals surface area contributed by atoms with Crippen molar-refractivity contribution in [1.29, 1.82) is 0 Å². The summed E-state index contributed by atoms with van der Waals surface area (Å²) < 4.78 is 0. The molecule has 3 rings (SSSR count). The molecule has 124 valence electrons. The minimum atomic E-state index is -0.0721. The first-order valence-corrected chi connectivity index (χ1v) is 8.44. The molecule has 7 heteroatoms. The number of nitrogens with zero attached hydrogens (tertiary/aromatic N) is 4. The highest BCUT2D eigenvalue weighted by atomic mass is 35.5. The molecule has 2 amide bonds. The van der Waals surface area contributed by atoms with Gasteiger partial charge in [0.25, 0.3) is 0 Å². The lowest BCUT2D eigenvalue weighted by atomic mass is 9.86. The Morgan fingerprint density at radius 1 is 1.30 bits per heavy atom. The summed E-state index contributed by atoms with van der Waals surface area (Å²) in [5.74, 6) is 0.114. The molecule has 0 bridgehead atoms. The molecular weight excluding hydrogens is 316 g/mol. The largest absolute Gasteiger partial charge is 0.328 e. The summed E-state index contributed by atoms with van der Waals surface area (Å²) in [6, 6.07) is 0.355. The summed E-state index contributed by atoms with van der Waals surface area (Å²) in [4.78, 5) is 36.5. The SMILES string of the molecule is CN1CCC2CCC(C(=O)CCc3nccnc3Cl)CN2C1=O. The van der Waals surface area contributed by atoms with Gasteiger partial charge < -0.3 is 9.80 Å². The van der Waals surface area contributed by atoms with Gasteiger partial charge in [0.15, 0.2) is 0 Å². The van der Waals surface area contributed by atoms with Crippen molar-refractivity contribution in [3.8, 4) is 0 Å². The van der Waals surface area contributed by atoms with Crippen LogP contribution in [0, 0.1) is 5.92 Å². The Kier molecular flexibility index (Phi) is 4.80. The third-order valence-electron chi connectivity index (χ3n) is 4.86. The molecule has 0 aliphatic carbocycles. The Hall–Kier alpha value is -1.69. The molecule has 1 aromatic heterocycles. The van der Waals surface area contributed by atoms with Gasteiger partial charge in [-0.3, -0.25) is 9.78 Å². The molecule has 23 heavy (non-hydrogen) atoms. The smallest absolute Gasteiger partial charge is 0.320 e. The van der Waals surface area contributed by atoms with E-state index in [0.29, 0.717) is 36.3 Å². The number of aryl methyl sites for hydroxylation is 1. The van der Waals surface area contributed by atoms with Gasteiger partial charge in [0.05, 0.1) is 5.69 Å². The second kappa shape index (κ2) is 6.83. The van der Waals surface area contributed by atoms with Crippen molar-refractivity contribution in [2.75, 3.05) is 20.1 Å². The van der Waals surface area contributed by atoms with E-state index in [1.165, 1.54) is 6.20 Å². The number of aromatic nitrogens is 2. The summed E-state index contributed by atoms with van der Waals surface area (Å²) in [6.07, 6.45) is 6.79. The monoisotopic (exact) mass is 336 g/mol. The van der Waals surface area contributed by atoms with Gasteiger partial charge >= 0.3 is 6.03 Å². The van der Waals surface area contributed by atoms with Crippen molar-refractivity contribution in [3.05, 3.63) is 23.2 Å². The lowest BCUT2D eigenvalue weighted by Gasteiger charge is -2.45. The summed E-state index contributed by atoms with van der Waals surface area (Å²) in [5.41, 5.74) is 0.657. The quantitative estimate of drug-likeness (QED) is 0.845. The maximum absolute atomic E-state index is 12.5. The van der Waals surface area contributed by atoms with E-state index in [2.05, 4.69) is 9.97 Å².